The Morgan fingerprint density at radius 3 is 1.39 bits per heavy atom. The second-order valence-corrected chi connectivity index (χ2v) is 20.4. The molecule has 2 amide bonds. The van der Waals surface area contributed by atoms with Crippen molar-refractivity contribution in [2.24, 2.45) is 10.8 Å². The number of carbonyl (C=O) groups is 2. The molecule has 2 aromatic carbocycles. The number of hydrogen-bond donors (Lipinski definition) is 2. The van der Waals surface area contributed by atoms with E-state index in [1.807, 2.05) is 53.7 Å². The molecule has 0 radical (unpaired) electrons. The van der Waals surface area contributed by atoms with E-state index >= 15 is 17.6 Å². The van der Waals surface area contributed by atoms with Gasteiger partial charge in [0.2, 0.25) is 0 Å². The van der Waals surface area contributed by atoms with E-state index in [1.165, 1.54) is 24.3 Å². The summed E-state index contributed by atoms with van der Waals surface area (Å²) in [7, 11) is 0. The molecule has 0 atom stereocenters. The summed E-state index contributed by atoms with van der Waals surface area (Å²) in [5, 5.41) is 5.78. The molecule has 2 aliphatic rings. The topological polar surface area (TPSA) is 58.2 Å². The maximum atomic E-state index is 17.0. The fraction of sp³-hybridized carbons (Fsp3) is 0.450. The number of rotatable bonds is 16. The van der Waals surface area contributed by atoms with Crippen LogP contribution in [0.25, 0.3) is 0 Å². The second-order valence-electron chi connectivity index (χ2n) is 14.5. The zero-order valence-corrected chi connectivity index (χ0v) is 31.2. The summed E-state index contributed by atoms with van der Waals surface area (Å²) in [5.74, 6) is -3.64. The van der Waals surface area contributed by atoms with Crippen LogP contribution in [0, 0.1) is 34.1 Å². The Kier molecular flexibility index (Phi) is 12.8. The van der Waals surface area contributed by atoms with Gasteiger partial charge in [-0.15, -0.1) is 0 Å². The van der Waals surface area contributed by atoms with Crippen molar-refractivity contribution in [3.63, 3.8) is 0 Å². The van der Waals surface area contributed by atoms with Crippen molar-refractivity contribution >= 4 is 19.6 Å². The number of halogens is 4. The van der Waals surface area contributed by atoms with Crippen molar-refractivity contribution in [3.8, 4) is 0 Å². The number of nitrogens with one attached hydrogen (secondary N) is 2. The molecule has 0 bridgehead atoms. The van der Waals surface area contributed by atoms with E-state index in [-0.39, 0.29) is 56.6 Å². The van der Waals surface area contributed by atoms with E-state index in [4.69, 9.17) is 0 Å². The molecule has 0 fully saturated rings. The van der Waals surface area contributed by atoms with Crippen LogP contribution in [0.5, 0.6) is 0 Å². The standard InChI is InChI=1S/2C15H20F2NO.2C5H5.Ti/c2*1-4-8-15(2,3)14(19)18-9-7-11-5-6-12(16)10-13(11)17;2*1-2-4-5-3-1;/h2*5-6H,4,7-9H2,1-3H3,(H,18,19);2*1-3H,4H2;. The van der Waals surface area contributed by atoms with Crippen molar-refractivity contribution in [1.29, 1.82) is 0 Å². The van der Waals surface area contributed by atoms with Gasteiger partial charge in [0.25, 0.3) is 0 Å². The SMILES string of the molecule is CCCC(C)(C)C(=O)NCCc1ccc(F)[c]([Ti]([C]2=CC=CC2)([C]2=CC=CC2)[c]2c(F)ccc(CCNC(=O)C(C)(C)CCC)c2F)c1F. The molecule has 0 heterocycles. The zero-order valence-electron chi connectivity index (χ0n) is 29.7. The first-order valence-corrected chi connectivity index (χ1v) is 20.6. The molecule has 0 saturated heterocycles. The average Bonchev–Trinajstić information content (AvgIpc) is 3.78. The van der Waals surface area contributed by atoms with Gasteiger partial charge in [-0.2, -0.15) is 0 Å². The molecule has 0 unspecified atom stereocenters. The van der Waals surface area contributed by atoms with Crippen molar-refractivity contribution < 1.29 is 43.7 Å². The van der Waals surface area contributed by atoms with E-state index in [0.29, 0.717) is 33.4 Å². The summed E-state index contributed by atoms with van der Waals surface area (Å²) in [6.45, 7) is 11.7. The van der Waals surface area contributed by atoms with Gasteiger partial charge in [-0.25, -0.2) is 0 Å². The third-order valence-electron chi connectivity index (χ3n) is 9.94. The first-order valence-electron chi connectivity index (χ1n) is 17.5. The van der Waals surface area contributed by atoms with Crippen molar-refractivity contribution in [2.45, 2.75) is 92.9 Å². The van der Waals surface area contributed by atoms with Crippen LogP contribution in [-0.2, 0) is 39.0 Å². The van der Waals surface area contributed by atoms with Crippen LogP contribution < -0.4 is 18.4 Å². The predicted octanol–water partition coefficient (Wildman–Crippen LogP) is 8.01. The number of allylic oxidation sites excluding steroid dienone is 8. The molecule has 0 aromatic heterocycles. The Bertz CT molecular complexity index is 1570. The molecule has 0 spiro atoms. The Labute approximate surface area is 292 Å². The molecule has 4 rings (SSSR count). The Hall–Kier alpha value is -3.23. The van der Waals surface area contributed by atoms with Crippen LogP contribution in [0.15, 0.2) is 68.5 Å². The first-order chi connectivity index (χ1) is 23.2. The van der Waals surface area contributed by atoms with Crippen LogP contribution in [0.4, 0.5) is 17.6 Å². The van der Waals surface area contributed by atoms with Crippen molar-refractivity contribution in [3.05, 3.63) is 103 Å². The molecule has 9 heteroatoms. The van der Waals surface area contributed by atoms with E-state index in [9.17, 15) is 9.59 Å². The minimum atomic E-state index is -4.99. The molecule has 2 N–H and O–H groups in total. The van der Waals surface area contributed by atoms with Gasteiger partial charge < -0.3 is 0 Å². The molecule has 264 valence electrons. The maximum absolute atomic E-state index is 17.0. The molecule has 4 nitrogen and oxygen atoms in total. The summed E-state index contributed by atoms with van der Waals surface area (Å²) >= 11 is -4.99. The average molecular weight is 715 g/mol. The minimum absolute atomic E-state index is 0.0824. The van der Waals surface area contributed by atoms with Crippen LogP contribution in [0.2, 0.25) is 0 Å². The predicted molar refractivity (Wildman–Crippen MR) is 186 cm³/mol. The molecular formula is C40H50F4N2O2Ti. The van der Waals surface area contributed by atoms with E-state index < -0.39 is 50.7 Å². The number of hydrogen-bond acceptors (Lipinski definition) is 2. The summed E-state index contributed by atoms with van der Waals surface area (Å²) in [5.41, 5.74) is -0.839. The normalized spacial score (nSPS) is 14.7. The number of carbonyl (C=O) groups excluding carboxylic acids is 2. The Morgan fingerprint density at radius 2 is 1.06 bits per heavy atom. The molecule has 2 aliphatic carbocycles. The third kappa shape index (κ3) is 8.07. The van der Waals surface area contributed by atoms with Gasteiger partial charge in [0, 0.05) is 0 Å². The van der Waals surface area contributed by atoms with Crippen molar-refractivity contribution in [2.75, 3.05) is 13.1 Å². The van der Waals surface area contributed by atoms with Gasteiger partial charge in [0.05, 0.1) is 0 Å². The van der Waals surface area contributed by atoms with Crippen LogP contribution in [0.1, 0.15) is 91.2 Å². The molecule has 49 heavy (non-hydrogen) atoms. The van der Waals surface area contributed by atoms with Gasteiger partial charge in [-0.05, 0) is 0 Å². The summed E-state index contributed by atoms with van der Waals surface area (Å²) in [6.07, 6.45) is 14.6. The van der Waals surface area contributed by atoms with E-state index in [2.05, 4.69) is 10.6 Å². The molecular weight excluding hydrogens is 664 g/mol. The van der Waals surface area contributed by atoms with Crippen molar-refractivity contribution in [1.82, 2.24) is 10.6 Å². The Balaban J connectivity index is 1.82. The van der Waals surface area contributed by atoms with Gasteiger partial charge in [-0.1, -0.05) is 0 Å². The Morgan fingerprint density at radius 1 is 0.673 bits per heavy atom. The monoisotopic (exact) mass is 714 g/mol. The summed E-state index contributed by atoms with van der Waals surface area (Å²) in [6, 6.07) is 5.10. The van der Waals surface area contributed by atoms with Gasteiger partial charge in [0.15, 0.2) is 0 Å². The zero-order chi connectivity index (χ0) is 36.0. The molecule has 0 aliphatic heterocycles. The second kappa shape index (κ2) is 16.2. The van der Waals surface area contributed by atoms with E-state index in [1.54, 1.807) is 24.3 Å². The van der Waals surface area contributed by atoms with Crippen LogP contribution in [-0.4, -0.2) is 24.9 Å². The molecule has 0 saturated carbocycles. The van der Waals surface area contributed by atoms with Crippen LogP contribution >= 0.6 is 0 Å². The third-order valence-corrected chi connectivity index (χ3v) is 17.9. The first kappa shape index (κ1) is 38.6. The summed E-state index contributed by atoms with van der Waals surface area (Å²) in [4.78, 5) is 25.7. The summed E-state index contributed by atoms with van der Waals surface area (Å²) < 4.78 is 67.6. The van der Waals surface area contributed by atoms with Crippen LogP contribution in [0.3, 0.4) is 0 Å². The van der Waals surface area contributed by atoms with Gasteiger partial charge in [-0.3, -0.25) is 0 Å². The molecule has 2 aromatic rings. The van der Waals surface area contributed by atoms with E-state index in [0.717, 1.165) is 12.8 Å². The number of amides is 2. The quantitative estimate of drug-likeness (QED) is 0.137. The van der Waals surface area contributed by atoms with Gasteiger partial charge in [0.1, 0.15) is 0 Å². The number of benzene rings is 2. The van der Waals surface area contributed by atoms with Gasteiger partial charge >= 0.3 is 294 Å². The fourth-order valence-corrected chi connectivity index (χ4v) is 15.6. The fourth-order valence-electron chi connectivity index (χ4n) is 7.27.